The van der Waals surface area contributed by atoms with E-state index in [9.17, 15) is 4.79 Å². The molecule has 1 N–H and O–H groups in total. The number of carbonyl (C=O) groups excluding carboxylic acids is 1. The Hall–Kier alpha value is -2.51. The number of hydrogen-bond donors (Lipinski definition) is 1. The van der Waals surface area contributed by atoms with Crippen LogP contribution in [-0.2, 0) is 17.1 Å². The van der Waals surface area contributed by atoms with Crippen LogP contribution in [-0.4, -0.2) is 26.4 Å². The highest BCUT2D eigenvalue weighted by Crippen LogP contribution is 2.24. The zero-order valence-electron chi connectivity index (χ0n) is 16.6. The van der Waals surface area contributed by atoms with Gasteiger partial charge in [0, 0.05) is 17.1 Å². The molecule has 0 fully saturated rings. The predicted octanol–water partition coefficient (Wildman–Crippen LogP) is 5.10. The Labute approximate surface area is 180 Å². The van der Waals surface area contributed by atoms with Gasteiger partial charge in [-0.05, 0) is 49.2 Å². The fourth-order valence-electron chi connectivity index (χ4n) is 2.66. The van der Waals surface area contributed by atoms with Crippen molar-refractivity contribution in [3.05, 3.63) is 78.1 Å². The summed E-state index contributed by atoms with van der Waals surface area (Å²) in [5, 5.41) is 12.3. The number of amides is 1. The molecule has 0 radical (unpaired) electrons. The van der Waals surface area contributed by atoms with Crippen molar-refractivity contribution >= 4 is 35.1 Å². The lowest BCUT2D eigenvalue weighted by Gasteiger charge is -2.09. The molecule has 29 heavy (non-hydrogen) atoms. The standard InChI is InChI=1S/C22H24N4OS2/c1-4-12-26-20(14-28-19-8-6-5-7-9-19)24-25-22(26)29-15-21(27)23-18-11-10-16(2)17(3)13-18/h4-11,13H,1,12,14-15H2,2-3H3,(H,23,27). The van der Waals surface area contributed by atoms with E-state index in [1.54, 1.807) is 11.8 Å². The Morgan fingerprint density at radius 3 is 2.62 bits per heavy atom. The number of rotatable bonds is 9. The summed E-state index contributed by atoms with van der Waals surface area (Å²) in [5.74, 6) is 1.79. The van der Waals surface area contributed by atoms with Gasteiger partial charge in [-0.25, -0.2) is 0 Å². The molecule has 150 valence electrons. The van der Waals surface area contributed by atoms with E-state index in [2.05, 4.69) is 41.1 Å². The second-order valence-corrected chi connectivity index (χ2v) is 8.53. The zero-order chi connectivity index (χ0) is 20.6. The largest absolute Gasteiger partial charge is 0.325 e. The Balaban J connectivity index is 1.60. The lowest BCUT2D eigenvalue weighted by Crippen LogP contribution is -2.15. The third kappa shape index (κ3) is 5.98. The van der Waals surface area contributed by atoms with Crippen LogP contribution in [0.3, 0.4) is 0 Å². The molecule has 7 heteroatoms. The van der Waals surface area contributed by atoms with Gasteiger partial charge in [0.1, 0.15) is 5.82 Å². The molecule has 2 aromatic carbocycles. The van der Waals surface area contributed by atoms with Gasteiger partial charge in [0.15, 0.2) is 5.16 Å². The fourth-order valence-corrected chi connectivity index (χ4v) is 4.28. The minimum Gasteiger partial charge on any atom is -0.325 e. The topological polar surface area (TPSA) is 59.8 Å². The van der Waals surface area contributed by atoms with Gasteiger partial charge in [-0.3, -0.25) is 4.79 Å². The normalized spacial score (nSPS) is 10.7. The summed E-state index contributed by atoms with van der Waals surface area (Å²) in [5.41, 5.74) is 3.17. The number of thioether (sulfide) groups is 2. The molecular formula is C22H24N4OS2. The third-order valence-electron chi connectivity index (χ3n) is 4.34. The van der Waals surface area contributed by atoms with Gasteiger partial charge in [0.05, 0.1) is 11.5 Å². The molecular weight excluding hydrogens is 400 g/mol. The summed E-state index contributed by atoms with van der Waals surface area (Å²) >= 11 is 3.09. The molecule has 0 atom stereocenters. The molecule has 1 aromatic heterocycles. The molecule has 0 aliphatic carbocycles. The Kier molecular flexibility index (Phi) is 7.55. The highest BCUT2D eigenvalue weighted by molar-refractivity contribution is 7.99. The highest BCUT2D eigenvalue weighted by atomic mass is 32.2. The molecule has 0 aliphatic rings. The van der Waals surface area contributed by atoms with Crippen molar-refractivity contribution in [3.63, 3.8) is 0 Å². The summed E-state index contributed by atoms with van der Waals surface area (Å²) in [6, 6.07) is 16.1. The molecule has 0 bridgehead atoms. The number of allylic oxidation sites excluding steroid dienone is 1. The van der Waals surface area contributed by atoms with E-state index in [4.69, 9.17) is 0 Å². The van der Waals surface area contributed by atoms with Crippen LogP contribution in [0.1, 0.15) is 17.0 Å². The Morgan fingerprint density at radius 1 is 1.10 bits per heavy atom. The van der Waals surface area contributed by atoms with Gasteiger partial charge in [-0.1, -0.05) is 42.1 Å². The molecule has 3 rings (SSSR count). The average molecular weight is 425 g/mol. The molecule has 0 spiro atoms. The number of benzene rings is 2. The van der Waals surface area contributed by atoms with Gasteiger partial charge in [0.25, 0.3) is 0 Å². The van der Waals surface area contributed by atoms with Crippen LogP contribution >= 0.6 is 23.5 Å². The summed E-state index contributed by atoms with van der Waals surface area (Å²) in [4.78, 5) is 13.5. The predicted molar refractivity (Wildman–Crippen MR) is 121 cm³/mol. The quantitative estimate of drug-likeness (QED) is 0.382. The molecule has 0 aliphatic heterocycles. The minimum atomic E-state index is -0.0633. The first-order valence-corrected chi connectivity index (χ1v) is 11.2. The first kappa shape index (κ1) is 21.2. The SMILES string of the molecule is C=CCn1c(CSc2ccccc2)nnc1SCC(=O)Nc1ccc(C)c(C)c1. The van der Waals surface area contributed by atoms with Crippen LogP contribution in [0.15, 0.2) is 71.2 Å². The molecule has 3 aromatic rings. The molecule has 1 heterocycles. The summed E-state index contributed by atoms with van der Waals surface area (Å²) in [7, 11) is 0. The van der Waals surface area contributed by atoms with Crippen molar-refractivity contribution in [2.75, 3.05) is 11.1 Å². The number of aryl methyl sites for hydroxylation is 2. The lowest BCUT2D eigenvalue weighted by atomic mass is 10.1. The molecule has 0 unspecified atom stereocenters. The van der Waals surface area contributed by atoms with E-state index in [1.807, 2.05) is 54.0 Å². The van der Waals surface area contributed by atoms with E-state index < -0.39 is 0 Å². The van der Waals surface area contributed by atoms with Gasteiger partial charge < -0.3 is 9.88 Å². The van der Waals surface area contributed by atoms with E-state index in [0.29, 0.717) is 12.3 Å². The Bertz CT molecular complexity index is 986. The van der Waals surface area contributed by atoms with Crippen LogP contribution < -0.4 is 5.32 Å². The fraction of sp³-hybridized carbons (Fsp3) is 0.227. The van der Waals surface area contributed by atoms with Gasteiger partial charge in [0.2, 0.25) is 5.91 Å². The molecule has 0 saturated heterocycles. The Morgan fingerprint density at radius 2 is 1.90 bits per heavy atom. The van der Waals surface area contributed by atoms with Crippen LogP contribution in [0.25, 0.3) is 0 Å². The number of nitrogens with one attached hydrogen (secondary N) is 1. The summed E-state index contributed by atoms with van der Waals surface area (Å²) in [6.45, 7) is 8.53. The number of aromatic nitrogens is 3. The van der Waals surface area contributed by atoms with Crippen LogP contribution in [0, 0.1) is 13.8 Å². The van der Waals surface area contributed by atoms with E-state index in [1.165, 1.54) is 22.2 Å². The van der Waals surface area contributed by atoms with Crippen LogP contribution in [0.2, 0.25) is 0 Å². The maximum Gasteiger partial charge on any atom is 0.234 e. The first-order chi connectivity index (χ1) is 14.1. The van der Waals surface area contributed by atoms with Gasteiger partial charge in [-0.15, -0.1) is 28.5 Å². The maximum atomic E-state index is 12.4. The van der Waals surface area contributed by atoms with Crippen molar-refractivity contribution in [2.24, 2.45) is 0 Å². The molecule has 5 nitrogen and oxygen atoms in total. The number of hydrogen-bond acceptors (Lipinski definition) is 5. The summed E-state index contributed by atoms with van der Waals surface area (Å²) in [6.07, 6.45) is 1.82. The average Bonchev–Trinajstić information content (AvgIpc) is 3.10. The second-order valence-electron chi connectivity index (χ2n) is 6.54. The highest BCUT2D eigenvalue weighted by Gasteiger charge is 2.14. The monoisotopic (exact) mass is 424 g/mol. The van der Waals surface area contributed by atoms with E-state index in [0.717, 1.165) is 22.2 Å². The van der Waals surface area contributed by atoms with Crippen molar-refractivity contribution in [3.8, 4) is 0 Å². The number of anilines is 1. The third-order valence-corrected chi connectivity index (χ3v) is 6.31. The smallest absolute Gasteiger partial charge is 0.234 e. The molecule has 0 saturated carbocycles. The van der Waals surface area contributed by atoms with Crippen molar-refractivity contribution in [1.82, 2.24) is 14.8 Å². The summed E-state index contributed by atoms with van der Waals surface area (Å²) < 4.78 is 2.01. The van der Waals surface area contributed by atoms with E-state index >= 15 is 0 Å². The van der Waals surface area contributed by atoms with E-state index in [-0.39, 0.29) is 11.7 Å². The zero-order valence-corrected chi connectivity index (χ0v) is 18.2. The first-order valence-electron chi connectivity index (χ1n) is 9.27. The second kappa shape index (κ2) is 10.3. The number of nitrogens with zero attached hydrogens (tertiary/aromatic N) is 3. The maximum absolute atomic E-state index is 12.4. The van der Waals surface area contributed by atoms with Gasteiger partial charge in [-0.2, -0.15) is 0 Å². The van der Waals surface area contributed by atoms with Crippen molar-refractivity contribution < 1.29 is 4.79 Å². The minimum absolute atomic E-state index is 0.0633. The lowest BCUT2D eigenvalue weighted by molar-refractivity contribution is -0.113. The molecule has 1 amide bonds. The van der Waals surface area contributed by atoms with Crippen LogP contribution in [0.4, 0.5) is 5.69 Å². The number of carbonyl (C=O) groups is 1. The van der Waals surface area contributed by atoms with Crippen molar-refractivity contribution in [1.29, 1.82) is 0 Å². The van der Waals surface area contributed by atoms with Crippen LogP contribution in [0.5, 0.6) is 0 Å². The van der Waals surface area contributed by atoms with Crippen molar-refractivity contribution in [2.45, 2.75) is 36.2 Å². The van der Waals surface area contributed by atoms with Gasteiger partial charge >= 0.3 is 0 Å².